The van der Waals surface area contributed by atoms with Crippen LogP contribution in [0, 0.1) is 17.6 Å². The molecular weight excluding hydrogens is 240 g/mol. The quantitative estimate of drug-likeness (QED) is 0.782. The summed E-state index contributed by atoms with van der Waals surface area (Å²) < 4.78 is 26.1. The fourth-order valence-electron chi connectivity index (χ4n) is 1.52. The van der Waals surface area contributed by atoms with Crippen LogP contribution in [0.3, 0.4) is 0 Å². The third-order valence-corrected chi connectivity index (χ3v) is 3.75. The van der Waals surface area contributed by atoms with E-state index in [1.54, 1.807) is 0 Å². The van der Waals surface area contributed by atoms with Crippen LogP contribution in [0.5, 0.6) is 0 Å². The lowest BCUT2D eigenvalue weighted by atomic mass is 10.1. The molecule has 0 aliphatic carbocycles. The third-order valence-electron chi connectivity index (χ3n) is 2.58. The van der Waals surface area contributed by atoms with E-state index in [1.165, 1.54) is 23.9 Å². The Bertz CT molecular complexity index is 355. The Morgan fingerprint density at radius 3 is 2.53 bits per heavy atom. The van der Waals surface area contributed by atoms with E-state index in [4.69, 9.17) is 0 Å². The van der Waals surface area contributed by atoms with Gasteiger partial charge in [0.25, 0.3) is 0 Å². The second-order valence-corrected chi connectivity index (χ2v) is 5.36. The average molecular weight is 259 g/mol. The lowest BCUT2D eigenvalue weighted by molar-refractivity contribution is 0.443. The van der Waals surface area contributed by atoms with Crippen molar-refractivity contribution in [3.63, 3.8) is 0 Å². The van der Waals surface area contributed by atoms with Crippen molar-refractivity contribution in [1.82, 2.24) is 5.32 Å². The molecule has 0 amide bonds. The predicted octanol–water partition coefficient (Wildman–Crippen LogP) is 3.69. The Hall–Kier alpha value is -0.610. The molecule has 0 fully saturated rings. The van der Waals surface area contributed by atoms with Crippen molar-refractivity contribution in [3.05, 3.63) is 29.8 Å². The molecule has 1 aromatic rings. The molecule has 1 rings (SSSR count). The lowest BCUT2D eigenvalue weighted by Crippen LogP contribution is -2.35. The summed E-state index contributed by atoms with van der Waals surface area (Å²) in [6.07, 6.45) is 0. The van der Waals surface area contributed by atoms with Gasteiger partial charge in [-0.2, -0.15) is 0 Å². The number of hydrogen-bond acceptors (Lipinski definition) is 2. The number of nitrogens with one attached hydrogen (secondary N) is 1. The second-order valence-electron chi connectivity index (χ2n) is 4.29. The smallest absolute Gasteiger partial charge is 0.139 e. The number of benzene rings is 1. The largest absolute Gasteiger partial charge is 0.313 e. The highest BCUT2D eigenvalue weighted by Crippen LogP contribution is 2.24. The molecule has 0 aromatic heterocycles. The Kier molecular flexibility index (Phi) is 5.92. The van der Waals surface area contributed by atoms with E-state index in [0.29, 0.717) is 16.9 Å². The Labute approximate surface area is 106 Å². The summed E-state index contributed by atoms with van der Waals surface area (Å²) in [5.41, 5.74) is 0. The van der Waals surface area contributed by atoms with Crippen LogP contribution in [0.2, 0.25) is 0 Å². The molecule has 0 aliphatic heterocycles. The lowest BCUT2D eigenvalue weighted by Gasteiger charge is -2.21. The van der Waals surface area contributed by atoms with E-state index in [9.17, 15) is 8.78 Å². The van der Waals surface area contributed by atoms with Crippen LogP contribution in [-0.2, 0) is 0 Å². The zero-order chi connectivity index (χ0) is 12.8. The highest BCUT2D eigenvalue weighted by Gasteiger charge is 2.13. The fraction of sp³-hybridized carbons (Fsp3) is 0.538. The minimum absolute atomic E-state index is 0.342. The summed E-state index contributed by atoms with van der Waals surface area (Å²) in [7, 11) is 0. The summed E-state index contributed by atoms with van der Waals surface area (Å²) in [5.74, 6) is 0.271. The van der Waals surface area contributed by atoms with Gasteiger partial charge in [0.1, 0.15) is 11.6 Å². The highest BCUT2D eigenvalue weighted by molar-refractivity contribution is 7.99. The molecule has 0 saturated carbocycles. The van der Waals surface area contributed by atoms with Gasteiger partial charge in [-0.3, -0.25) is 0 Å². The molecule has 1 N–H and O–H groups in total. The maximum Gasteiger partial charge on any atom is 0.139 e. The summed E-state index contributed by atoms with van der Waals surface area (Å²) in [6, 6.07) is 4.07. The van der Waals surface area contributed by atoms with Crippen LogP contribution >= 0.6 is 11.8 Å². The topological polar surface area (TPSA) is 12.0 Å². The molecule has 17 heavy (non-hydrogen) atoms. The SMILES string of the molecule is CCNC(CSc1ccc(F)cc1F)C(C)C. The Morgan fingerprint density at radius 2 is 2.00 bits per heavy atom. The van der Waals surface area contributed by atoms with Crippen molar-refractivity contribution >= 4 is 11.8 Å². The maximum atomic E-state index is 13.4. The van der Waals surface area contributed by atoms with Crippen molar-refractivity contribution in [2.24, 2.45) is 5.92 Å². The normalized spacial score (nSPS) is 13.1. The zero-order valence-electron chi connectivity index (χ0n) is 10.5. The zero-order valence-corrected chi connectivity index (χ0v) is 11.3. The van der Waals surface area contributed by atoms with Crippen LogP contribution < -0.4 is 5.32 Å². The van der Waals surface area contributed by atoms with Gasteiger partial charge < -0.3 is 5.32 Å². The van der Waals surface area contributed by atoms with E-state index in [-0.39, 0.29) is 0 Å². The molecule has 0 spiro atoms. The van der Waals surface area contributed by atoms with Crippen LogP contribution in [0.15, 0.2) is 23.1 Å². The minimum Gasteiger partial charge on any atom is -0.313 e. The van der Waals surface area contributed by atoms with Gasteiger partial charge in [0.2, 0.25) is 0 Å². The average Bonchev–Trinajstić information content (AvgIpc) is 2.25. The van der Waals surface area contributed by atoms with Crippen molar-refractivity contribution in [1.29, 1.82) is 0 Å². The standard InChI is InChI=1S/C13H19F2NS/c1-4-16-12(9(2)3)8-17-13-6-5-10(14)7-11(13)15/h5-7,9,12,16H,4,8H2,1-3H3. The molecule has 0 radical (unpaired) electrons. The molecule has 4 heteroatoms. The van der Waals surface area contributed by atoms with E-state index in [1.807, 2.05) is 0 Å². The number of thioether (sulfide) groups is 1. The molecule has 0 bridgehead atoms. The maximum absolute atomic E-state index is 13.4. The van der Waals surface area contributed by atoms with Crippen molar-refractivity contribution in [2.75, 3.05) is 12.3 Å². The number of hydrogen-bond donors (Lipinski definition) is 1. The van der Waals surface area contributed by atoms with Gasteiger partial charge in [-0.15, -0.1) is 11.8 Å². The van der Waals surface area contributed by atoms with Crippen molar-refractivity contribution in [2.45, 2.75) is 31.7 Å². The van der Waals surface area contributed by atoms with Gasteiger partial charge in [0.05, 0.1) is 0 Å². The van der Waals surface area contributed by atoms with Gasteiger partial charge in [-0.05, 0) is 24.6 Å². The van der Waals surface area contributed by atoms with E-state index in [2.05, 4.69) is 26.1 Å². The molecule has 1 atom stereocenters. The van der Waals surface area contributed by atoms with Crippen molar-refractivity contribution in [3.8, 4) is 0 Å². The first-order valence-electron chi connectivity index (χ1n) is 5.85. The van der Waals surface area contributed by atoms with Gasteiger partial charge in [-0.25, -0.2) is 8.78 Å². The summed E-state index contributed by atoms with van der Waals surface area (Å²) >= 11 is 1.43. The number of rotatable bonds is 6. The molecule has 1 aromatic carbocycles. The summed E-state index contributed by atoms with van der Waals surface area (Å²) in [6.45, 7) is 7.22. The minimum atomic E-state index is -0.529. The van der Waals surface area contributed by atoms with Gasteiger partial charge in [0.15, 0.2) is 0 Å². The molecule has 0 saturated heterocycles. The van der Waals surface area contributed by atoms with Crippen molar-refractivity contribution < 1.29 is 8.78 Å². The molecule has 1 unspecified atom stereocenters. The molecule has 96 valence electrons. The third kappa shape index (κ3) is 4.64. The first-order valence-corrected chi connectivity index (χ1v) is 6.84. The number of halogens is 2. The fourth-order valence-corrected chi connectivity index (χ4v) is 2.74. The first-order chi connectivity index (χ1) is 8.04. The van der Waals surface area contributed by atoms with Gasteiger partial charge in [0, 0.05) is 22.8 Å². The van der Waals surface area contributed by atoms with Crippen LogP contribution in [-0.4, -0.2) is 18.3 Å². The Balaban J connectivity index is 2.59. The van der Waals surface area contributed by atoms with Gasteiger partial charge in [-0.1, -0.05) is 20.8 Å². The van der Waals surface area contributed by atoms with E-state index >= 15 is 0 Å². The van der Waals surface area contributed by atoms with E-state index < -0.39 is 11.6 Å². The van der Waals surface area contributed by atoms with Gasteiger partial charge >= 0.3 is 0 Å². The van der Waals surface area contributed by atoms with Crippen LogP contribution in [0.25, 0.3) is 0 Å². The molecule has 0 aliphatic rings. The predicted molar refractivity (Wildman–Crippen MR) is 69.4 cm³/mol. The molecular formula is C13H19F2NS. The monoisotopic (exact) mass is 259 g/mol. The Morgan fingerprint density at radius 1 is 1.29 bits per heavy atom. The summed E-state index contributed by atoms with van der Waals surface area (Å²) in [5, 5.41) is 3.37. The first kappa shape index (κ1) is 14.5. The second kappa shape index (κ2) is 6.97. The van der Waals surface area contributed by atoms with Crippen LogP contribution in [0.4, 0.5) is 8.78 Å². The highest BCUT2D eigenvalue weighted by atomic mass is 32.2. The molecule has 1 nitrogen and oxygen atoms in total. The van der Waals surface area contributed by atoms with E-state index in [0.717, 1.165) is 18.4 Å². The van der Waals surface area contributed by atoms with Crippen LogP contribution in [0.1, 0.15) is 20.8 Å². The summed E-state index contributed by atoms with van der Waals surface area (Å²) in [4.78, 5) is 0.509. The molecule has 0 heterocycles.